The van der Waals surface area contributed by atoms with Gasteiger partial charge in [0.15, 0.2) is 5.96 Å². The Bertz CT molecular complexity index is 603. The molecule has 6 nitrogen and oxygen atoms in total. The minimum absolute atomic E-state index is 0.226. The molecule has 0 spiro atoms. The number of nitrogens with one attached hydrogen (secondary N) is 2. The Hall–Kier alpha value is -2.24. The highest BCUT2D eigenvalue weighted by molar-refractivity contribution is 5.80. The first-order chi connectivity index (χ1) is 12.6. The molecule has 1 saturated heterocycles. The fraction of sp³-hybridized carbons (Fsp3) is 0.600. The van der Waals surface area contributed by atoms with Gasteiger partial charge in [0.05, 0.1) is 6.61 Å². The summed E-state index contributed by atoms with van der Waals surface area (Å²) in [5.41, 5.74) is 1.15. The Balaban J connectivity index is 1.74. The first kappa shape index (κ1) is 20.1. The van der Waals surface area contributed by atoms with E-state index in [0.717, 1.165) is 49.7 Å². The number of carbonyl (C=O) groups excluding carboxylic acids is 1. The van der Waals surface area contributed by atoms with Crippen LogP contribution < -0.4 is 15.4 Å². The van der Waals surface area contributed by atoms with Gasteiger partial charge in [-0.1, -0.05) is 25.1 Å². The van der Waals surface area contributed by atoms with Crippen LogP contribution in [0.15, 0.2) is 29.3 Å². The molecule has 0 aromatic heterocycles. The summed E-state index contributed by atoms with van der Waals surface area (Å²) in [5, 5.41) is 6.73. The summed E-state index contributed by atoms with van der Waals surface area (Å²) in [6, 6.07) is 8.32. The quantitative estimate of drug-likeness (QED) is 0.424. The third kappa shape index (κ3) is 6.24. The van der Waals surface area contributed by atoms with E-state index in [1.807, 2.05) is 30.0 Å². The minimum Gasteiger partial charge on any atom is -0.493 e. The summed E-state index contributed by atoms with van der Waals surface area (Å²) in [7, 11) is 0. The summed E-state index contributed by atoms with van der Waals surface area (Å²) in [5.74, 6) is 1.98. The first-order valence-corrected chi connectivity index (χ1v) is 9.65. The second-order valence-corrected chi connectivity index (χ2v) is 6.55. The fourth-order valence-electron chi connectivity index (χ4n) is 3.00. The van der Waals surface area contributed by atoms with E-state index in [2.05, 4.69) is 35.5 Å². The van der Waals surface area contributed by atoms with Gasteiger partial charge in [-0.25, -0.2) is 0 Å². The van der Waals surface area contributed by atoms with Gasteiger partial charge in [-0.15, -0.1) is 0 Å². The molecule has 1 unspecified atom stereocenters. The Morgan fingerprint density at radius 2 is 2.15 bits per heavy atom. The number of benzene rings is 1. The Morgan fingerprint density at radius 3 is 2.88 bits per heavy atom. The van der Waals surface area contributed by atoms with Crippen molar-refractivity contribution in [1.82, 2.24) is 15.5 Å². The molecule has 1 fully saturated rings. The van der Waals surface area contributed by atoms with Gasteiger partial charge in [-0.3, -0.25) is 9.79 Å². The third-order valence-electron chi connectivity index (χ3n) is 4.45. The first-order valence-electron chi connectivity index (χ1n) is 9.65. The molecule has 0 radical (unpaired) electrons. The van der Waals surface area contributed by atoms with Crippen molar-refractivity contribution in [1.29, 1.82) is 0 Å². The van der Waals surface area contributed by atoms with E-state index in [1.165, 1.54) is 0 Å². The molecule has 1 aliphatic heterocycles. The molecular formula is C20H32N4O2. The van der Waals surface area contributed by atoms with E-state index in [1.54, 1.807) is 0 Å². The maximum atomic E-state index is 11.8. The third-order valence-corrected chi connectivity index (χ3v) is 4.45. The van der Waals surface area contributed by atoms with Crippen molar-refractivity contribution in [2.24, 2.45) is 4.99 Å². The summed E-state index contributed by atoms with van der Waals surface area (Å²) >= 11 is 0. The van der Waals surface area contributed by atoms with E-state index >= 15 is 0 Å². The van der Waals surface area contributed by atoms with Crippen LogP contribution >= 0.6 is 0 Å². The van der Waals surface area contributed by atoms with Crippen LogP contribution in [0.4, 0.5) is 0 Å². The molecule has 1 atom stereocenters. The van der Waals surface area contributed by atoms with Crippen molar-refractivity contribution in [2.75, 3.05) is 32.8 Å². The van der Waals surface area contributed by atoms with Crippen molar-refractivity contribution < 1.29 is 9.53 Å². The van der Waals surface area contributed by atoms with E-state index in [4.69, 9.17) is 4.74 Å². The fourth-order valence-corrected chi connectivity index (χ4v) is 3.00. The maximum Gasteiger partial charge on any atom is 0.222 e. The van der Waals surface area contributed by atoms with Crippen LogP contribution in [0.2, 0.25) is 0 Å². The maximum absolute atomic E-state index is 11.8. The number of rotatable bonds is 8. The lowest BCUT2D eigenvalue weighted by Gasteiger charge is -2.18. The highest BCUT2D eigenvalue weighted by Gasteiger charge is 2.25. The van der Waals surface area contributed by atoms with Gasteiger partial charge in [0, 0.05) is 45.1 Å². The molecule has 2 N–H and O–H groups in total. The summed E-state index contributed by atoms with van der Waals surface area (Å²) in [6.07, 6.45) is 2.39. The van der Waals surface area contributed by atoms with E-state index < -0.39 is 0 Å². The molecular weight excluding hydrogens is 328 g/mol. The normalized spacial score (nSPS) is 17.3. The minimum atomic E-state index is 0.226. The molecule has 0 bridgehead atoms. The summed E-state index contributed by atoms with van der Waals surface area (Å²) in [4.78, 5) is 18.4. The van der Waals surface area contributed by atoms with E-state index in [0.29, 0.717) is 19.6 Å². The van der Waals surface area contributed by atoms with Gasteiger partial charge in [0.25, 0.3) is 0 Å². The number of nitrogens with zero attached hydrogens (tertiary/aromatic N) is 2. The number of aryl methyl sites for hydroxylation is 1. The molecule has 1 aliphatic rings. The zero-order valence-electron chi connectivity index (χ0n) is 16.3. The molecule has 1 heterocycles. The van der Waals surface area contributed by atoms with Crippen molar-refractivity contribution in [2.45, 2.75) is 46.1 Å². The van der Waals surface area contributed by atoms with Gasteiger partial charge in [0.2, 0.25) is 5.91 Å². The predicted molar refractivity (Wildman–Crippen MR) is 106 cm³/mol. The number of hydrogen-bond donors (Lipinski definition) is 2. The average Bonchev–Trinajstić information content (AvgIpc) is 3.11. The Morgan fingerprint density at radius 1 is 1.35 bits per heavy atom. The molecule has 0 aliphatic carbocycles. The SMILES string of the molecule is CCNC(=NCCCOc1ccccc1C)NC1CCN(C(=O)CC)C1. The molecule has 1 aromatic rings. The molecule has 1 amide bonds. The van der Waals surface area contributed by atoms with E-state index in [-0.39, 0.29) is 11.9 Å². The topological polar surface area (TPSA) is 66.0 Å². The number of guanidine groups is 1. The lowest BCUT2D eigenvalue weighted by atomic mass is 10.2. The number of aliphatic imine (C=N–C) groups is 1. The van der Waals surface area contributed by atoms with Gasteiger partial charge >= 0.3 is 0 Å². The molecule has 2 rings (SSSR count). The van der Waals surface area contributed by atoms with Crippen LogP contribution in [-0.2, 0) is 4.79 Å². The van der Waals surface area contributed by atoms with Gasteiger partial charge in [-0.2, -0.15) is 0 Å². The number of amides is 1. The van der Waals surface area contributed by atoms with Crippen LogP contribution in [0.5, 0.6) is 5.75 Å². The van der Waals surface area contributed by atoms with Crippen LogP contribution in [0.1, 0.15) is 38.7 Å². The Kier molecular flexibility index (Phi) is 8.25. The van der Waals surface area contributed by atoms with Crippen molar-refractivity contribution >= 4 is 11.9 Å². The molecule has 1 aromatic carbocycles. The predicted octanol–water partition coefficient (Wildman–Crippen LogP) is 2.33. The van der Waals surface area contributed by atoms with Crippen LogP contribution in [0.3, 0.4) is 0 Å². The van der Waals surface area contributed by atoms with Gasteiger partial charge < -0.3 is 20.3 Å². The van der Waals surface area contributed by atoms with Crippen LogP contribution in [-0.4, -0.2) is 55.6 Å². The number of carbonyl (C=O) groups is 1. The number of ether oxygens (including phenoxy) is 1. The van der Waals surface area contributed by atoms with Crippen molar-refractivity contribution in [3.8, 4) is 5.75 Å². The molecule has 0 saturated carbocycles. The second-order valence-electron chi connectivity index (χ2n) is 6.55. The lowest BCUT2D eigenvalue weighted by molar-refractivity contribution is -0.129. The lowest BCUT2D eigenvalue weighted by Crippen LogP contribution is -2.45. The average molecular weight is 361 g/mol. The number of hydrogen-bond acceptors (Lipinski definition) is 3. The highest BCUT2D eigenvalue weighted by Crippen LogP contribution is 2.16. The number of para-hydroxylation sites is 1. The monoisotopic (exact) mass is 360 g/mol. The molecule has 6 heteroatoms. The van der Waals surface area contributed by atoms with Gasteiger partial charge in [-0.05, 0) is 31.9 Å². The number of likely N-dealkylation sites (tertiary alicyclic amines) is 1. The largest absolute Gasteiger partial charge is 0.493 e. The smallest absolute Gasteiger partial charge is 0.222 e. The Labute approximate surface area is 157 Å². The zero-order chi connectivity index (χ0) is 18.8. The summed E-state index contributed by atoms with van der Waals surface area (Å²) in [6.45, 7) is 9.77. The second kappa shape index (κ2) is 10.7. The summed E-state index contributed by atoms with van der Waals surface area (Å²) < 4.78 is 5.81. The molecule has 26 heavy (non-hydrogen) atoms. The van der Waals surface area contributed by atoms with Gasteiger partial charge in [0.1, 0.15) is 5.75 Å². The highest BCUT2D eigenvalue weighted by atomic mass is 16.5. The van der Waals surface area contributed by atoms with Crippen LogP contribution in [0.25, 0.3) is 0 Å². The van der Waals surface area contributed by atoms with Crippen LogP contribution in [0, 0.1) is 6.92 Å². The molecule has 144 valence electrons. The zero-order valence-corrected chi connectivity index (χ0v) is 16.3. The van der Waals surface area contributed by atoms with E-state index in [9.17, 15) is 4.79 Å². The van der Waals surface area contributed by atoms with Crippen molar-refractivity contribution in [3.05, 3.63) is 29.8 Å². The van der Waals surface area contributed by atoms with Crippen molar-refractivity contribution in [3.63, 3.8) is 0 Å². The standard InChI is InChI=1S/C20H32N4O2/c1-4-19(25)24-13-11-17(15-24)23-20(21-5-2)22-12-8-14-26-18-10-7-6-9-16(18)3/h6-7,9-10,17H,4-5,8,11-15H2,1-3H3,(H2,21,22,23).